The maximum absolute atomic E-state index is 14.1. The number of halogens is 1. The highest BCUT2D eigenvalue weighted by molar-refractivity contribution is 4.89. The van der Waals surface area contributed by atoms with Gasteiger partial charge in [-0.3, -0.25) is 0 Å². The highest BCUT2D eigenvalue weighted by Gasteiger charge is 2.35. The summed E-state index contributed by atoms with van der Waals surface area (Å²) in [6.45, 7) is 5.83. The lowest BCUT2D eigenvalue weighted by Gasteiger charge is -2.24. The van der Waals surface area contributed by atoms with Crippen molar-refractivity contribution in [2.45, 2.75) is 58.0 Å². The van der Waals surface area contributed by atoms with E-state index in [1.165, 1.54) is 19.3 Å². The van der Waals surface area contributed by atoms with E-state index in [0.717, 1.165) is 25.8 Å². The summed E-state index contributed by atoms with van der Waals surface area (Å²) in [6.07, 6.45) is 6.31. The fraction of sp³-hybridized carbons (Fsp3) is 1.00. The normalized spacial score (nSPS) is 29.4. The minimum Gasteiger partial charge on any atom is -0.313 e. The number of hydrogen-bond acceptors (Lipinski definition) is 1. The maximum atomic E-state index is 14.1. The van der Waals surface area contributed by atoms with Crippen LogP contribution in [0.4, 0.5) is 4.39 Å². The lowest BCUT2D eigenvalue weighted by atomic mass is 9.86. The molecule has 0 saturated carbocycles. The fourth-order valence-corrected chi connectivity index (χ4v) is 2.35. The summed E-state index contributed by atoms with van der Waals surface area (Å²) < 4.78 is 14.1. The summed E-state index contributed by atoms with van der Waals surface area (Å²) in [5.41, 5.74) is -0.894. The first-order chi connectivity index (χ1) is 6.70. The van der Waals surface area contributed by atoms with Gasteiger partial charge < -0.3 is 5.32 Å². The van der Waals surface area contributed by atoms with Crippen LogP contribution in [-0.2, 0) is 0 Å². The van der Waals surface area contributed by atoms with Crippen LogP contribution < -0.4 is 5.32 Å². The molecule has 0 amide bonds. The molecule has 2 unspecified atom stereocenters. The van der Waals surface area contributed by atoms with Crippen molar-refractivity contribution in [1.82, 2.24) is 5.32 Å². The Hall–Kier alpha value is -0.110. The average molecular weight is 201 g/mol. The molecule has 0 aromatic rings. The molecule has 1 nitrogen and oxygen atoms in total. The molecule has 1 fully saturated rings. The molecule has 0 aromatic heterocycles. The Bertz CT molecular complexity index is 152. The maximum Gasteiger partial charge on any atom is 0.124 e. The van der Waals surface area contributed by atoms with Gasteiger partial charge in [0.15, 0.2) is 0 Å². The summed E-state index contributed by atoms with van der Waals surface area (Å²) in [7, 11) is 0. The van der Waals surface area contributed by atoms with E-state index in [1.807, 2.05) is 0 Å². The number of unbranched alkanes of at least 4 members (excludes halogenated alkanes) is 1. The molecular formula is C12H24FN. The van der Waals surface area contributed by atoms with Gasteiger partial charge in [-0.2, -0.15) is 0 Å². The second-order valence-electron chi connectivity index (χ2n) is 4.70. The van der Waals surface area contributed by atoms with Crippen LogP contribution in [0.5, 0.6) is 0 Å². The predicted octanol–water partition coefficient (Wildman–Crippen LogP) is 3.29. The monoisotopic (exact) mass is 201 g/mol. The van der Waals surface area contributed by atoms with Gasteiger partial charge in [-0.25, -0.2) is 4.39 Å². The molecule has 1 heterocycles. The second kappa shape index (κ2) is 5.69. The van der Waals surface area contributed by atoms with Gasteiger partial charge in [-0.15, -0.1) is 0 Å². The average Bonchev–Trinajstić information content (AvgIpc) is 2.60. The van der Waals surface area contributed by atoms with E-state index >= 15 is 0 Å². The smallest absolute Gasteiger partial charge is 0.124 e. The van der Waals surface area contributed by atoms with Crippen molar-refractivity contribution < 1.29 is 4.39 Å². The molecule has 1 saturated heterocycles. The van der Waals surface area contributed by atoms with Crippen molar-refractivity contribution in [3.05, 3.63) is 0 Å². The second-order valence-corrected chi connectivity index (χ2v) is 4.70. The van der Waals surface area contributed by atoms with E-state index in [4.69, 9.17) is 0 Å². The molecular weight excluding hydrogens is 177 g/mol. The lowest BCUT2D eigenvalue weighted by molar-refractivity contribution is 0.140. The Labute approximate surface area is 87.5 Å². The minimum atomic E-state index is -0.894. The van der Waals surface area contributed by atoms with Gasteiger partial charge >= 0.3 is 0 Å². The van der Waals surface area contributed by atoms with Crippen molar-refractivity contribution in [2.75, 3.05) is 13.1 Å². The number of hydrogen-bond donors (Lipinski definition) is 1. The zero-order valence-electron chi connectivity index (χ0n) is 9.61. The molecule has 1 aliphatic rings. The molecule has 0 radical (unpaired) electrons. The third-order valence-electron chi connectivity index (χ3n) is 3.39. The molecule has 1 rings (SSSR count). The van der Waals surface area contributed by atoms with Crippen molar-refractivity contribution in [3.8, 4) is 0 Å². The Balaban J connectivity index is 2.30. The first kappa shape index (κ1) is 12.0. The highest BCUT2D eigenvalue weighted by atomic mass is 19.1. The summed E-state index contributed by atoms with van der Waals surface area (Å²) in [5.74, 6) is 0.597. The quantitative estimate of drug-likeness (QED) is 0.695. The van der Waals surface area contributed by atoms with Crippen LogP contribution in [0, 0.1) is 5.92 Å². The zero-order chi connectivity index (χ0) is 10.4. The Kier molecular flexibility index (Phi) is 4.86. The molecule has 0 aliphatic carbocycles. The number of nitrogens with one attached hydrogen (secondary N) is 1. The first-order valence-electron chi connectivity index (χ1n) is 6.10. The summed E-state index contributed by atoms with van der Waals surface area (Å²) in [5, 5.41) is 3.12. The zero-order valence-corrected chi connectivity index (χ0v) is 9.61. The topological polar surface area (TPSA) is 12.0 Å². The van der Waals surface area contributed by atoms with E-state index in [2.05, 4.69) is 19.2 Å². The van der Waals surface area contributed by atoms with Gasteiger partial charge in [0, 0.05) is 6.54 Å². The summed E-state index contributed by atoms with van der Waals surface area (Å²) in [6, 6.07) is 0. The first-order valence-corrected chi connectivity index (χ1v) is 6.10. The molecule has 2 atom stereocenters. The molecule has 0 aromatic carbocycles. The van der Waals surface area contributed by atoms with E-state index < -0.39 is 5.67 Å². The lowest BCUT2D eigenvalue weighted by Crippen LogP contribution is -2.29. The molecule has 84 valence electrons. The van der Waals surface area contributed by atoms with Crippen LogP contribution in [0.3, 0.4) is 0 Å². The Morgan fingerprint density at radius 2 is 2.21 bits per heavy atom. The van der Waals surface area contributed by atoms with E-state index in [-0.39, 0.29) is 0 Å². The van der Waals surface area contributed by atoms with Crippen LogP contribution in [0.25, 0.3) is 0 Å². The third-order valence-corrected chi connectivity index (χ3v) is 3.39. The Morgan fingerprint density at radius 1 is 1.43 bits per heavy atom. The van der Waals surface area contributed by atoms with Crippen LogP contribution >= 0.6 is 0 Å². The van der Waals surface area contributed by atoms with E-state index in [9.17, 15) is 4.39 Å². The largest absolute Gasteiger partial charge is 0.313 e. The van der Waals surface area contributed by atoms with Gasteiger partial charge in [-0.1, -0.05) is 39.5 Å². The number of alkyl halides is 1. The van der Waals surface area contributed by atoms with E-state index in [0.29, 0.717) is 12.5 Å². The summed E-state index contributed by atoms with van der Waals surface area (Å²) in [4.78, 5) is 0. The van der Waals surface area contributed by atoms with Crippen molar-refractivity contribution in [3.63, 3.8) is 0 Å². The van der Waals surface area contributed by atoms with Crippen molar-refractivity contribution in [2.24, 2.45) is 5.92 Å². The van der Waals surface area contributed by atoms with Crippen LogP contribution in [0.1, 0.15) is 52.4 Å². The van der Waals surface area contributed by atoms with Crippen LogP contribution in [0.2, 0.25) is 0 Å². The van der Waals surface area contributed by atoms with Crippen LogP contribution in [-0.4, -0.2) is 18.8 Å². The third kappa shape index (κ3) is 3.56. The Morgan fingerprint density at radius 3 is 2.71 bits per heavy atom. The molecule has 0 spiro atoms. The number of rotatable bonds is 6. The SMILES string of the molecule is CCCCC(CC)CC1(F)CCNC1. The van der Waals surface area contributed by atoms with Gasteiger partial charge in [0.05, 0.1) is 0 Å². The minimum absolute atomic E-state index is 0.579. The van der Waals surface area contributed by atoms with Gasteiger partial charge in [-0.05, 0) is 25.3 Å². The molecule has 1 N–H and O–H groups in total. The highest BCUT2D eigenvalue weighted by Crippen LogP contribution is 2.31. The van der Waals surface area contributed by atoms with Gasteiger partial charge in [0.2, 0.25) is 0 Å². The molecule has 14 heavy (non-hydrogen) atoms. The molecule has 2 heteroatoms. The van der Waals surface area contributed by atoms with Gasteiger partial charge in [0.25, 0.3) is 0 Å². The fourth-order valence-electron chi connectivity index (χ4n) is 2.35. The predicted molar refractivity (Wildman–Crippen MR) is 59.2 cm³/mol. The molecule has 0 bridgehead atoms. The van der Waals surface area contributed by atoms with Crippen molar-refractivity contribution >= 4 is 0 Å². The van der Waals surface area contributed by atoms with Gasteiger partial charge in [0.1, 0.15) is 5.67 Å². The van der Waals surface area contributed by atoms with Crippen LogP contribution in [0.15, 0.2) is 0 Å². The summed E-state index contributed by atoms with van der Waals surface area (Å²) >= 11 is 0. The standard InChI is InChI=1S/C12H24FN/c1-3-5-6-11(4-2)9-12(13)7-8-14-10-12/h11,14H,3-10H2,1-2H3. The van der Waals surface area contributed by atoms with E-state index in [1.54, 1.807) is 0 Å². The van der Waals surface area contributed by atoms with Crippen molar-refractivity contribution in [1.29, 1.82) is 0 Å². The molecule has 1 aliphatic heterocycles.